The number of hydroxylamine groups is 1. The first-order chi connectivity index (χ1) is 10.5. The van der Waals surface area contributed by atoms with Crippen LogP contribution in [0.25, 0.3) is 0 Å². The van der Waals surface area contributed by atoms with E-state index < -0.39 is 23.1 Å². The van der Waals surface area contributed by atoms with Gasteiger partial charge in [-0.2, -0.15) is 0 Å². The molecule has 1 aliphatic rings. The predicted octanol–water partition coefficient (Wildman–Crippen LogP) is 0.628. The van der Waals surface area contributed by atoms with Crippen LogP contribution in [0, 0.1) is 23.2 Å². The van der Waals surface area contributed by atoms with Crippen molar-refractivity contribution in [1.29, 1.82) is 0 Å². The molecule has 4 N–H and O–H groups in total. The van der Waals surface area contributed by atoms with Crippen molar-refractivity contribution in [1.82, 2.24) is 5.48 Å². The second kappa shape index (κ2) is 6.50. The topological polar surface area (TPSA) is 102 Å². The van der Waals surface area contributed by atoms with Crippen LogP contribution in [-0.4, -0.2) is 23.6 Å². The third-order valence-electron chi connectivity index (χ3n) is 3.92. The van der Waals surface area contributed by atoms with Gasteiger partial charge in [0.25, 0.3) is 0 Å². The minimum absolute atomic E-state index is 0.319. The van der Waals surface area contributed by atoms with Crippen molar-refractivity contribution in [2.24, 2.45) is 17.1 Å². The Hall–Kier alpha value is -2.52. The zero-order valence-electron chi connectivity index (χ0n) is 12.3. The quantitative estimate of drug-likeness (QED) is 0.407. The fourth-order valence-electron chi connectivity index (χ4n) is 2.54. The summed E-state index contributed by atoms with van der Waals surface area (Å²) in [7, 11) is 0. The summed E-state index contributed by atoms with van der Waals surface area (Å²) in [4.78, 5) is 23.2. The van der Waals surface area contributed by atoms with Gasteiger partial charge in [0.1, 0.15) is 12.4 Å². The Morgan fingerprint density at radius 2 is 2.14 bits per heavy atom. The van der Waals surface area contributed by atoms with Crippen molar-refractivity contribution in [2.45, 2.75) is 19.8 Å². The molecule has 1 aromatic carbocycles. The predicted molar refractivity (Wildman–Crippen MR) is 78.8 cm³/mol. The Morgan fingerprint density at radius 1 is 1.45 bits per heavy atom. The summed E-state index contributed by atoms with van der Waals surface area (Å²) in [6, 6.07) is 7.22. The second-order valence-electron chi connectivity index (χ2n) is 5.29. The van der Waals surface area contributed by atoms with Gasteiger partial charge >= 0.3 is 0 Å². The molecule has 22 heavy (non-hydrogen) atoms. The average Bonchev–Trinajstić information content (AvgIpc) is 3.24. The van der Waals surface area contributed by atoms with Crippen molar-refractivity contribution in [2.75, 3.05) is 6.61 Å². The normalized spacial score (nSPS) is 22.2. The van der Waals surface area contributed by atoms with Crippen molar-refractivity contribution in [3.8, 4) is 17.6 Å². The standard InChI is InChI=1S/C16H18N2O4/c1-2-3-8-22-12-6-4-11(5-7-12)9-16(15(17)20)10-13(16)14(19)18-21/h4-7,13,21H,8-10H2,1H3,(H2,17,20)(H,18,19)/t13?,16-/m0/s1. The summed E-state index contributed by atoms with van der Waals surface area (Å²) >= 11 is 0. The molecular formula is C16H18N2O4. The van der Waals surface area contributed by atoms with Gasteiger partial charge in [0, 0.05) is 0 Å². The van der Waals surface area contributed by atoms with Crippen LogP contribution in [0.3, 0.4) is 0 Å². The largest absolute Gasteiger partial charge is 0.481 e. The van der Waals surface area contributed by atoms with Crippen LogP contribution in [0.5, 0.6) is 5.75 Å². The number of carbonyl (C=O) groups excluding carboxylic acids is 2. The van der Waals surface area contributed by atoms with Gasteiger partial charge in [0.2, 0.25) is 11.8 Å². The molecule has 6 nitrogen and oxygen atoms in total. The number of carbonyl (C=O) groups is 2. The monoisotopic (exact) mass is 302 g/mol. The van der Waals surface area contributed by atoms with E-state index in [1.165, 1.54) is 0 Å². The highest BCUT2D eigenvalue weighted by molar-refractivity contribution is 5.95. The van der Waals surface area contributed by atoms with E-state index in [9.17, 15) is 9.59 Å². The van der Waals surface area contributed by atoms with Crippen LogP contribution in [0.2, 0.25) is 0 Å². The van der Waals surface area contributed by atoms with E-state index in [1.807, 2.05) is 12.1 Å². The Labute approximate surface area is 128 Å². The zero-order chi connectivity index (χ0) is 16.2. The van der Waals surface area contributed by atoms with Crippen LogP contribution in [0.1, 0.15) is 18.9 Å². The maximum absolute atomic E-state index is 11.7. The van der Waals surface area contributed by atoms with Gasteiger partial charge in [0.15, 0.2) is 0 Å². The fourth-order valence-corrected chi connectivity index (χ4v) is 2.54. The van der Waals surface area contributed by atoms with Crippen LogP contribution >= 0.6 is 0 Å². The van der Waals surface area contributed by atoms with E-state index in [0.29, 0.717) is 25.2 Å². The lowest BCUT2D eigenvalue weighted by Crippen LogP contribution is -2.33. The van der Waals surface area contributed by atoms with Gasteiger partial charge in [-0.1, -0.05) is 18.1 Å². The van der Waals surface area contributed by atoms with Crippen LogP contribution < -0.4 is 16.0 Å². The number of hydrogen-bond acceptors (Lipinski definition) is 4. The summed E-state index contributed by atoms with van der Waals surface area (Å²) in [5, 5.41) is 8.69. The Balaban J connectivity index is 2.04. The van der Waals surface area contributed by atoms with Crippen molar-refractivity contribution >= 4 is 11.8 Å². The molecule has 0 bridgehead atoms. The Kier molecular flexibility index (Phi) is 4.68. The summed E-state index contributed by atoms with van der Waals surface area (Å²) in [5.41, 5.74) is 6.98. The molecule has 1 aromatic rings. The number of hydrogen-bond donors (Lipinski definition) is 3. The molecular weight excluding hydrogens is 284 g/mol. The van der Waals surface area contributed by atoms with Gasteiger partial charge in [-0.05, 0) is 37.5 Å². The Morgan fingerprint density at radius 3 is 2.68 bits per heavy atom. The average molecular weight is 302 g/mol. The van der Waals surface area contributed by atoms with Gasteiger partial charge in [-0.25, -0.2) is 5.48 Å². The summed E-state index contributed by atoms with van der Waals surface area (Å²) in [6.07, 6.45) is 0.703. The molecule has 1 saturated carbocycles. The highest BCUT2D eigenvalue weighted by Gasteiger charge is 2.62. The number of primary amides is 1. The third-order valence-corrected chi connectivity index (χ3v) is 3.92. The van der Waals surface area contributed by atoms with E-state index in [4.69, 9.17) is 15.7 Å². The first kappa shape index (κ1) is 15.9. The van der Waals surface area contributed by atoms with Crippen LogP contribution in [-0.2, 0) is 16.0 Å². The molecule has 2 amide bonds. The van der Waals surface area contributed by atoms with E-state index in [0.717, 1.165) is 5.56 Å². The SMILES string of the molecule is CC#CCOc1ccc(C[C@]2(C(N)=O)CC2C(=O)NO)cc1. The van der Waals surface area contributed by atoms with E-state index in [1.54, 1.807) is 24.5 Å². The van der Waals surface area contributed by atoms with Crippen LogP contribution in [0.15, 0.2) is 24.3 Å². The number of nitrogens with two attached hydrogens (primary N) is 1. The molecule has 0 aliphatic heterocycles. The van der Waals surface area contributed by atoms with Gasteiger partial charge < -0.3 is 10.5 Å². The number of benzene rings is 1. The molecule has 0 radical (unpaired) electrons. The van der Waals surface area contributed by atoms with Gasteiger partial charge in [-0.15, -0.1) is 5.92 Å². The van der Waals surface area contributed by atoms with Gasteiger partial charge in [0.05, 0.1) is 11.3 Å². The molecule has 116 valence electrons. The fraction of sp³-hybridized carbons (Fsp3) is 0.375. The minimum Gasteiger partial charge on any atom is -0.481 e. The van der Waals surface area contributed by atoms with Crippen LogP contribution in [0.4, 0.5) is 0 Å². The molecule has 0 heterocycles. The molecule has 1 unspecified atom stereocenters. The highest BCUT2D eigenvalue weighted by Crippen LogP contribution is 2.54. The molecule has 0 saturated heterocycles. The van der Waals surface area contributed by atoms with E-state index in [2.05, 4.69) is 11.8 Å². The summed E-state index contributed by atoms with van der Waals surface area (Å²) in [6.45, 7) is 2.06. The number of nitrogens with one attached hydrogen (secondary N) is 1. The highest BCUT2D eigenvalue weighted by atomic mass is 16.5. The maximum atomic E-state index is 11.7. The number of ether oxygens (including phenoxy) is 1. The van der Waals surface area contributed by atoms with E-state index in [-0.39, 0.29) is 0 Å². The summed E-state index contributed by atoms with van der Waals surface area (Å²) < 4.78 is 5.41. The molecule has 1 aliphatic carbocycles. The first-order valence-electron chi connectivity index (χ1n) is 6.88. The molecule has 2 rings (SSSR count). The molecule has 0 aromatic heterocycles. The smallest absolute Gasteiger partial charge is 0.247 e. The molecule has 1 fully saturated rings. The number of amides is 2. The first-order valence-corrected chi connectivity index (χ1v) is 6.88. The van der Waals surface area contributed by atoms with Crippen molar-refractivity contribution in [3.05, 3.63) is 29.8 Å². The lowest BCUT2D eigenvalue weighted by molar-refractivity contribution is -0.134. The second-order valence-corrected chi connectivity index (χ2v) is 5.29. The minimum atomic E-state index is -0.914. The van der Waals surface area contributed by atoms with E-state index >= 15 is 0 Å². The zero-order valence-corrected chi connectivity index (χ0v) is 12.3. The molecule has 2 atom stereocenters. The Bertz CT molecular complexity index is 630. The maximum Gasteiger partial charge on any atom is 0.247 e. The third kappa shape index (κ3) is 3.21. The lowest BCUT2D eigenvalue weighted by atomic mass is 9.93. The molecule has 0 spiro atoms. The van der Waals surface area contributed by atoms with Crippen molar-refractivity contribution < 1.29 is 19.5 Å². The number of rotatable bonds is 6. The van der Waals surface area contributed by atoms with Gasteiger partial charge in [-0.3, -0.25) is 14.8 Å². The molecule has 6 heteroatoms. The summed E-state index contributed by atoms with van der Waals surface area (Å²) in [5.74, 6) is 4.54. The lowest BCUT2D eigenvalue weighted by Gasteiger charge is -2.13. The van der Waals surface area contributed by atoms with Crippen molar-refractivity contribution in [3.63, 3.8) is 0 Å².